The second kappa shape index (κ2) is 6.49. The van der Waals surface area contributed by atoms with Gasteiger partial charge in [-0.3, -0.25) is 4.90 Å². The molecule has 1 aliphatic heterocycles. The fourth-order valence-electron chi connectivity index (χ4n) is 3.11. The third kappa shape index (κ3) is 3.14. The average molecular weight is 298 g/mol. The van der Waals surface area contributed by atoms with Crippen LogP contribution < -0.4 is 0 Å². The lowest BCUT2D eigenvalue weighted by Crippen LogP contribution is -2.46. The van der Waals surface area contributed by atoms with Crippen LogP contribution in [0.25, 0.3) is 5.52 Å². The van der Waals surface area contributed by atoms with Crippen molar-refractivity contribution in [1.29, 1.82) is 5.26 Å². The Kier molecular flexibility index (Phi) is 4.44. The van der Waals surface area contributed by atoms with Gasteiger partial charge in [0.1, 0.15) is 6.07 Å². The van der Waals surface area contributed by atoms with E-state index in [4.69, 9.17) is 4.74 Å². The van der Waals surface area contributed by atoms with E-state index >= 15 is 0 Å². The van der Waals surface area contributed by atoms with E-state index in [-0.39, 0.29) is 6.10 Å². The van der Waals surface area contributed by atoms with E-state index in [1.807, 2.05) is 28.8 Å². The number of hydrogen-bond acceptors (Lipinski definition) is 4. The largest absolute Gasteiger partial charge is 0.374 e. The van der Waals surface area contributed by atoms with Gasteiger partial charge in [-0.2, -0.15) is 5.26 Å². The van der Waals surface area contributed by atoms with Crippen LogP contribution in [0, 0.1) is 11.3 Å². The lowest BCUT2D eigenvalue weighted by molar-refractivity contribution is -0.0406. The highest BCUT2D eigenvalue weighted by molar-refractivity contribution is 5.65. The Morgan fingerprint density at radius 2 is 2.27 bits per heavy atom. The molecule has 1 saturated heterocycles. The Labute approximate surface area is 131 Å². The summed E-state index contributed by atoms with van der Waals surface area (Å²) in [5.74, 6) is 0. The minimum absolute atomic E-state index is 0.242. The SMILES string of the molecule is CN(C)CC1CN(Cc2cn3ccccc3c2C#N)CCO1. The molecule has 0 amide bonds. The van der Waals surface area contributed by atoms with Gasteiger partial charge >= 0.3 is 0 Å². The van der Waals surface area contributed by atoms with Crippen molar-refractivity contribution in [3.8, 4) is 6.07 Å². The highest BCUT2D eigenvalue weighted by atomic mass is 16.5. The van der Waals surface area contributed by atoms with Crippen molar-refractivity contribution in [1.82, 2.24) is 14.2 Å². The van der Waals surface area contributed by atoms with Gasteiger partial charge in [-0.1, -0.05) is 6.07 Å². The first-order valence-electron chi connectivity index (χ1n) is 7.64. The summed E-state index contributed by atoms with van der Waals surface area (Å²) in [6.07, 6.45) is 4.31. The van der Waals surface area contributed by atoms with Crippen molar-refractivity contribution in [3.63, 3.8) is 0 Å². The van der Waals surface area contributed by atoms with Gasteiger partial charge in [0.05, 0.1) is 23.8 Å². The predicted octanol–water partition coefficient (Wildman–Crippen LogP) is 1.57. The van der Waals surface area contributed by atoms with Gasteiger partial charge in [-0.15, -0.1) is 0 Å². The maximum absolute atomic E-state index is 9.49. The normalized spacial score (nSPS) is 19.6. The highest BCUT2D eigenvalue weighted by Crippen LogP contribution is 2.20. The minimum Gasteiger partial charge on any atom is -0.374 e. The fraction of sp³-hybridized carbons (Fsp3) is 0.471. The first kappa shape index (κ1) is 15.0. The molecule has 0 saturated carbocycles. The molecular weight excluding hydrogens is 276 g/mol. The van der Waals surface area contributed by atoms with Crippen molar-refractivity contribution in [2.45, 2.75) is 12.6 Å². The lowest BCUT2D eigenvalue weighted by atomic mass is 10.1. The van der Waals surface area contributed by atoms with Gasteiger partial charge in [0.2, 0.25) is 0 Å². The van der Waals surface area contributed by atoms with Crippen LogP contribution in [-0.4, -0.2) is 60.6 Å². The van der Waals surface area contributed by atoms with Crippen LogP contribution in [0.1, 0.15) is 11.1 Å². The summed E-state index contributed by atoms with van der Waals surface area (Å²) in [4.78, 5) is 4.54. The number of hydrogen-bond donors (Lipinski definition) is 0. The maximum Gasteiger partial charge on any atom is 0.102 e. The van der Waals surface area contributed by atoms with E-state index in [0.29, 0.717) is 0 Å². The van der Waals surface area contributed by atoms with Crippen molar-refractivity contribution in [2.75, 3.05) is 40.3 Å². The third-order valence-electron chi connectivity index (χ3n) is 4.06. The average Bonchev–Trinajstić information content (AvgIpc) is 2.83. The van der Waals surface area contributed by atoms with Crippen LogP contribution in [-0.2, 0) is 11.3 Å². The monoisotopic (exact) mass is 298 g/mol. The zero-order chi connectivity index (χ0) is 15.5. The molecule has 2 aromatic rings. The molecule has 0 bridgehead atoms. The molecule has 5 nitrogen and oxygen atoms in total. The first-order chi connectivity index (χ1) is 10.7. The van der Waals surface area contributed by atoms with E-state index < -0.39 is 0 Å². The molecule has 1 fully saturated rings. The Balaban J connectivity index is 1.77. The second-order valence-corrected chi connectivity index (χ2v) is 6.12. The summed E-state index contributed by atoms with van der Waals surface area (Å²) in [6, 6.07) is 8.32. The fourth-order valence-corrected chi connectivity index (χ4v) is 3.11. The number of fused-ring (bicyclic) bond motifs is 1. The minimum atomic E-state index is 0.242. The highest BCUT2D eigenvalue weighted by Gasteiger charge is 2.22. The zero-order valence-electron chi connectivity index (χ0n) is 13.2. The maximum atomic E-state index is 9.49. The number of morpholine rings is 1. The number of likely N-dealkylation sites (N-methyl/N-ethyl adjacent to an activating group) is 1. The molecular formula is C17H22N4O. The second-order valence-electron chi connectivity index (χ2n) is 6.12. The summed E-state index contributed by atoms with van der Waals surface area (Å²) in [5.41, 5.74) is 2.87. The third-order valence-corrected chi connectivity index (χ3v) is 4.06. The smallest absolute Gasteiger partial charge is 0.102 e. The number of pyridine rings is 1. The van der Waals surface area contributed by atoms with Crippen LogP contribution >= 0.6 is 0 Å². The topological polar surface area (TPSA) is 43.9 Å². The molecule has 0 aliphatic carbocycles. The van der Waals surface area contributed by atoms with Gasteiger partial charge in [-0.05, 0) is 26.2 Å². The standard InChI is InChI=1S/C17H22N4O/c1-19(2)12-15-13-20(7-8-22-15)10-14-11-21-6-4-3-5-17(21)16(14)9-18/h3-6,11,15H,7-8,10,12-13H2,1-2H3. The van der Waals surface area contributed by atoms with Crippen molar-refractivity contribution >= 4 is 5.52 Å². The molecule has 22 heavy (non-hydrogen) atoms. The van der Waals surface area contributed by atoms with Crippen LogP contribution in [0.3, 0.4) is 0 Å². The number of nitrogens with zero attached hydrogens (tertiary/aromatic N) is 4. The quantitative estimate of drug-likeness (QED) is 0.859. The molecule has 1 atom stereocenters. The molecule has 0 spiro atoms. The van der Waals surface area contributed by atoms with Crippen LogP contribution in [0.5, 0.6) is 0 Å². The molecule has 0 aromatic carbocycles. The lowest BCUT2D eigenvalue weighted by Gasteiger charge is -2.34. The van der Waals surface area contributed by atoms with Crippen molar-refractivity contribution in [2.24, 2.45) is 0 Å². The van der Waals surface area contributed by atoms with Gasteiger partial charge < -0.3 is 14.0 Å². The van der Waals surface area contributed by atoms with Gasteiger partial charge in [0.15, 0.2) is 0 Å². The first-order valence-corrected chi connectivity index (χ1v) is 7.64. The van der Waals surface area contributed by atoms with Gasteiger partial charge in [0, 0.05) is 44.1 Å². The van der Waals surface area contributed by atoms with E-state index in [1.54, 1.807) is 0 Å². The van der Waals surface area contributed by atoms with E-state index in [0.717, 1.165) is 49.4 Å². The zero-order valence-corrected chi connectivity index (χ0v) is 13.2. The Hall–Kier alpha value is -1.87. The summed E-state index contributed by atoms with van der Waals surface area (Å²) >= 11 is 0. The molecule has 2 aromatic heterocycles. The molecule has 3 heterocycles. The molecule has 1 aliphatic rings. The van der Waals surface area contributed by atoms with E-state index in [9.17, 15) is 5.26 Å². The Bertz CT molecular complexity index is 686. The Morgan fingerprint density at radius 3 is 3.05 bits per heavy atom. The van der Waals surface area contributed by atoms with Crippen LogP contribution in [0.2, 0.25) is 0 Å². The number of aromatic nitrogens is 1. The van der Waals surface area contributed by atoms with E-state index in [1.165, 1.54) is 0 Å². The number of rotatable bonds is 4. The Morgan fingerprint density at radius 1 is 1.41 bits per heavy atom. The molecule has 3 rings (SSSR count). The van der Waals surface area contributed by atoms with Crippen molar-refractivity contribution in [3.05, 3.63) is 41.7 Å². The predicted molar refractivity (Wildman–Crippen MR) is 85.7 cm³/mol. The molecule has 5 heteroatoms. The molecule has 0 N–H and O–H groups in total. The van der Waals surface area contributed by atoms with Gasteiger partial charge in [0.25, 0.3) is 0 Å². The van der Waals surface area contributed by atoms with Gasteiger partial charge in [-0.25, -0.2) is 0 Å². The summed E-state index contributed by atoms with van der Waals surface area (Å²) in [6.45, 7) is 4.32. The summed E-state index contributed by atoms with van der Waals surface area (Å²) in [5, 5.41) is 9.49. The number of ether oxygens (including phenoxy) is 1. The molecule has 116 valence electrons. The van der Waals surface area contributed by atoms with Crippen molar-refractivity contribution < 1.29 is 4.74 Å². The number of nitriles is 1. The van der Waals surface area contributed by atoms with Crippen LogP contribution in [0.15, 0.2) is 30.6 Å². The molecule has 1 unspecified atom stereocenters. The molecule has 0 radical (unpaired) electrons. The summed E-state index contributed by atoms with van der Waals surface area (Å²) < 4.78 is 7.85. The summed E-state index contributed by atoms with van der Waals surface area (Å²) in [7, 11) is 4.13. The van der Waals surface area contributed by atoms with Crippen LogP contribution in [0.4, 0.5) is 0 Å². The van der Waals surface area contributed by atoms with E-state index in [2.05, 4.69) is 36.2 Å².